The molecule has 40 heavy (non-hydrogen) atoms. The summed E-state index contributed by atoms with van der Waals surface area (Å²) < 4.78 is 94.9. The molecule has 1 aliphatic carbocycles. The van der Waals surface area contributed by atoms with Crippen LogP contribution >= 0.6 is 0 Å². The van der Waals surface area contributed by atoms with Crippen molar-refractivity contribution in [1.29, 1.82) is 5.26 Å². The van der Waals surface area contributed by atoms with Crippen molar-refractivity contribution in [2.45, 2.75) is 37.0 Å². The Hall–Kier alpha value is -4.51. The zero-order chi connectivity index (χ0) is 29.3. The highest BCUT2D eigenvalue weighted by Gasteiger charge is 2.49. The van der Waals surface area contributed by atoms with E-state index in [0.29, 0.717) is 29.8 Å². The number of anilines is 1. The lowest BCUT2D eigenvalue weighted by Gasteiger charge is -2.22. The minimum Gasteiger partial charge on any atom is -0.508 e. The lowest BCUT2D eigenvalue weighted by atomic mass is 9.84. The third-order valence-electron chi connectivity index (χ3n) is 6.60. The molecule has 0 bridgehead atoms. The zero-order valence-electron chi connectivity index (χ0n) is 20.4. The molecule has 1 amide bonds. The second-order valence-corrected chi connectivity index (χ2v) is 9.40. The molecule has 0 aromatic heterocycles. The van der Waals surface area contributed by atoms with Gasteiger partial charge in [0.2, 0.25) is 5.91 Å². The number of halogens is 7. The summed E-state index contributed by atoms with van der Waals surface area (Å²) in [5, 5.41) is 20.8. The third-order valence-corrected chi connectivity index (χ3v) is 6.60. The van der Waals surface area contributed by atoms with Crippen LogP contribution in [0.2, 0.25) is 0 Å². The van der Waals surface area contributed by atoms with Crippen molar-refractivity contribution in [3.05, 3.63) is 94.3 Å². The smallest absolute Gasteiger partial charge is 0.417 e. The Kier molecular flexibility index (Phi) is 7.53. The predicted molar refractivity (Wildman–Crippen MR) is 130 cm³/mol. The fourth-order valence-electron chi connectivity index (χ4n) is 4.34. The SMILES string of the molecule is N#Cc1ccc(NC(=O)C(C#Cc2ccc(O)cc2)CC2(c3cc(C(F)(F)F)ccc3F)CC2)cc1C(F)(F)F. The molecule has 2 N–H and O–H groups in total. The number of nitriles is 1. The van der Waals surface area contributed by atoms with Gasteiger partial charge in [-0.1, -0.05) is 11.8 Å². The van der Waals surface area contributed by atoms with Gasteiger partial charge in [0.1, 0.15) is 17.5 Å². The Morgan fingerprint density at radius 3 is 2.23 bits per heavy atom. The molecule has 1 fully saturated rings. The van der Waals surface area contributed by atoms with Crippen molar-refractivity contribution in [2.24, 2.45) is 5.92 Å². The van der Waals surface area contributed by atoms with Gasteiger partial charge in [0.25, 0.3) is 0 Å². The summed E-state index contributed by atoms with van der Waals surface area (Å²) in [5.74, 6) is 2.39. The van der Waals surface area contributed by atoms with Crippen molar-refractivity contribution in [1.82, 2.24) is 0 Å². The highest BCUT2D eigenvalue weighted by molar-refractivity contribution is 5.94. The number of benzene rings is 3. The maximum Gasteiger partial charge on any atom is 0.417 e. The number of nitrogens with zero attached hydrogens (tertiary/aromatic N) is 1. The van der Waals surface area contributed by atoms with Gasteiger partial charge in [-0.25, -0.2) is 4.39 Å². The lowest BCUT2D eigenvalue weighted by Crippen LogP contribution is -2.27. The molecule has 1 saturated carbocycles. The predicted octanol–water partition coefficient (Wildman–Crippen LogP) is 7.17. The number of nitrogens with one attached hydrogen (secondary N) is 1. The van der Waals surface area contributed by atoms with E-state index < -0.39 is 52.1 Å². The molecule has 0 spiro atoms. The number of hydrogen-bond acceptors (Lipinski definition) is 3. The molecule has 1 atom stereocenters. The summed E-state index contributed by atoms with van der Waals surface area (Å²) in [5.41, 5.74) is -4.21. The Bertz CT molecular complexity index is 1540. The number of phenolic OH excluding ortho intramolecular Hbond substituents is 1. The van der Waals surface area contributed by atoms with Crippen LogP contribution in [0, 0.1) is 34.9 Å². The first kappa shape index (κ1) is 28.5. The van der Waals surface area contributed by atoms with Crippen molar-refractivity contribution >= 4 is 11.6 Å². The van der Waals surface area contributed by atoms with E-state index in [9.17, 15) is 40.6 Å². The van der Waals surface area contributed by atoms with Gasteiger partial charge < -0.3 is 10.4 Å². The molecule has 0 radical (unpaired) electrons. The Labute approximate surface area is 224 Å². The molecule has 206 valence electrons. The molecule has 1 unspecified atom stereocenters. The molecule has 11 heteroatoms. The summed E-state index contributed by atoms with van der Waals surface area (Å²) in [4.78, 5) is 13.3. The number of carbonyl (C=O) groups is 1. The monoisotopic (exact) mass is 560 g/mol. The van der Waals surface area contributed by atoms with Crippen molar-refractivity contribution in [3.63, 3.8) is 0 Å². The van der Waals surface area contributed by atoms with E-state index in [1.807, 2.05) is 0 Å². The number of hydrogen-bond donors (Lipinski definition) is 2. The highest BCUT2D eigenvalue weighted by atomic mass is 19.4. The van der Waals surface area contributed by atoms with Crippen LogP contribution in [0.25, 0.3) is 0 Å². The summed E-state index contributed by atoms with van der Waals surface area (Å²) in [6.07, 6.45) is -9.26. The maximum absolute atomic E-state index is 14.7. The van der Waals surface area contributed by atoms with Gasteiger partial charge in [0.05, 0.1) is 22.8 Å². The largest absolute Gasteiger partial charge is 0.508 e. The molecule has 3 aromatic rings. The number of phenols is 1. The van der Waals surface area contributed by atoms with Crippen LogP contribution in [0.3, 0.4) is 0 Å². The van der Waals surface area contributed by atoms with Gasteiger partial charge in [-0.15, -0.1) is 0 Å². The Balaban J connectivity index is 1.69. The van der Waals surface area contributed by atoms with Crippen LogP contribution < -0.4 is 5.32 Å². The zero-order valence-corrected chi connectivity index (χ0v) is 20.4. The van der Waals surface area contributed by atoms with Crippen LogP contribution in [-0.2, 0) is 22.6 Å². The molecule has 3 aromatic carbocycles. The summed E-state index contributed by atoms with van der Waals surface area (Å²) in [6.45, 7) is 0. The van der Waals surface area contributed by atoms with E-state index in [1.54, 1.807) is 0 Å². The van der Waals surface area contributed by atoms with Crippen molar-refractivity contribution < 1.29 is 40.6 Å². The number of alkyl halides is 6. The van der Waals surface area contributed by atoms with Gasteiger partial charge >= 0.3 is 12.4 Å². The molecule has 0 saturated heterocycles. The highest BCUT2D eigenvalue weighted by Crippen LogP contribution is 2.54. The number of carbonyl (C=O) groups excluding carboxylic acids is 1. The average Bonchev–Trinajstić information content (AvgIpc) is 3.67. The first-order valence-corrected chi connectivity index (χ1v) is 11.8. The minimum atomic E-state index is -4.87. The number of aromatic hydroxyl groups is 1. The summed E-state index contributed by atoms with van der Waals surface area (Å²) in [6, 6.07) is 11.7. The van der Waals surface area contributed by atoms with Crippen LogP contribution in [-0.4, -0.2) is 11.0 Å². The topological polar surface area (TPSA) is 73.1 Å². The van der Waals surface area contributed by atoms with Crippen molar-refractivity contribution in [2.75, 3.05) is 5.32 Å². The van der Waals surface area contributed by atoms with Crippen molar-refractivity contribution in [3.8, 4) is 23.7 Å². The van der Waals surface area contributed by atoms with E-state index in [4.69, 9.17) is 5.26 Å². The first-order valence-electron chi connectivity index (χ1n) is 11.8. The van der Waals surface area contributed by atoms with Gasteiger partial charge in [-0.2, -0.15) is 31.6 Å². The number of amides is 1. The number of rotatable bonds is 5. The van der Waals surface area contributed by atoms with E-state index in [0.717, 1.165) is 12.1 Å². The van der Waals surface area contributed by atoms with E-state index in [1.165, 1.54) is 30.3 Å². The molecule has 0 heterocycles. The second-order valence-electron chi connectivity index (χ2n) is 9.40. The standard InChI is InChI=1S/C29H19F7N2O2/c30-25-10-6-20(28(31,32)33)13-24(25)27(11-12-27)15-18(4-1-17-2-8-22(39)9-3-17)26(40)38-21-7-5-19(16-37)23(14-21)29(34,35)36/h2-3,5-10,13-14,18,39H,11-12,15H2,(H,38,40). The van der Waals surface area contributed by atoms with Gasteiger partial charge in [0.15, 0.2) is 0 Å². The van der Waals surface area contributed by atoms with Gasteiger partial charge in [-0.05, 0) is 90.9 Å². The van der Waals surface area contributed by atoms with Gasteiger partial charge in [0, 0.05) is 11.3 Å². The quantitative estimate of drug-likeness (QED) is 0.257. The average molecular weight is 560 g/mol. The normalized spacial score (nSPS) is 14.8. The molecule has 1 aliphatic rings. The molecular formula is C29H19F7N2O2. The Morgan fingerprint density at radius 1 is 0.975 bits per heavy atom. The first-order chi connectivity index (χ1) is 18.7. The van der Waals surface area contributed by atoms with Crippen LogP contribution in [0.5, 0.6) is 5.75 Å². The second kappa shape index (κ2) is 10.6. The summed E-state index contributed by atoms with van der Waals surface area (Å²) >= 11 is 0. The van der Waals surface area contributed by atoms with Crippen LogP contribution in [0.4, 0.5) is 36.4 Å². The van der Waals surface area contributed by atoms with E-state index in [-0.39, 0.29) is 36.3 Å². The fourth-order valence-corrected chi connectivity index (χ4v) is 4.34. The minimum absolute atomic E-state index is 0.0434. The Morgan fingerprint density at radius 2 is 1.65 bits per heavy atom. The van der Waals surface area contributed by atoms with Crippen LogP contribution in [0.15, 0.2) is 60.7 Å². The molecule has 0 aliphatic heterocycles. The molecular weight excluding hydrogens is 541 g/mol. The summed E-state index contributed by atoms with van der Waals surface area (Å²) in [7, 11) is 0. The lowest BCUT2D eigenvalue weighted by molar-refractivity contribution is -0.138. The molecule has 4 nitrogen and oxygen atoms in total. The maximum atomic E-state index is 14.7. The third kappa shape index (κ3) is 6.37. The van der Waals surface area contributed by atoms with E-state index in [2.05, 4.69) is 17.2 Å². The van der Waals surface area contributed by atoms with Gasteiger partial charge in [-0.3, -0.25) is 4.79 Å². The fraction of sp³-hybridized carbons (Fsp3) is 0.241. The molecule has 4 rings (SSSR count). The van der Waals surface area contributed by atoms with Crippen LogP contribution in [0.1, 0.15) is 47.1 Å². The van der Waals surface area contributed by atoms with E-state index >= 15 is 0 Å².